The third kappa shape index (κ3) is 3.83. The van der Waals surface area contributed by atoms with Gasteiger partial charge in [0.15, 0.2) is 0 Å². The summed E-state index contributed by atoms with van der Waals surface area (Å²) in [6.07, 6.45) is 3.41. The Hall–Kier alpha value is -0.480. The summed E-state index contributed by atoms with van der Waals surface area (Å²) in [6, 6.07) is 0.447. The van der Waals surface area contributed by atoms with Crippen molar-refractivity contribution in [3.8, 4) is 0 Å². The van der Waals surface area contributed by atoms with Crippen LogP contribution in [0.2, 0.25) is 0 Å². The van der Waals surface area contributed by atoms with Gasteiger partial charge in [-0.3, -0.25) is 0 Å². The van der Waals surface area contributed by atoms with Crippen molar-refractivity contribution in [2.24, 2.45) is 5.92 Å². The van der Waals surface area contributed by atoms with Gasteiger partial charge in [-0.25, -0.2) is 0 Å². The molecule has 1 unspecified atom stereocenters. The summed E-state index contributed by atoms with van der Waals surface area (Å²) < 4.78 is 4.07. The van der Waals surface area contributed by atoms with Crippen LogP contribution in [-0.2, 0) is 6.42 Å². The van der Waals surface area contributed by atoms with Crippen LogP contribution in [0.25, 0.3) is 0 Å². The van der Waals surface area contributed by atoms with Gasteiger partial charge in [-0.15, -0.1) is 5.10 Å². The highest BCUT2D eigenvalue weighted by molar-refractivity contribution is 7.05. The predicted molar refractivity (Wildman–Crippen MR) is 69.8 cm³/mol. The van der Waals surface area contributed by atoms with E-state index in [9.17, 15) is 0 Å². The summed E-state index contributed by atoms with van der Waals surface area (Å²) in [5, 5.41) is 7.74. The molecular weight excluding hydrogens is 218 g/mol. The maximum atomic E-state index is 4.19. The zero-order chi connectivity index (χ0) is 12.0. The average Bonchev–Trinajstić information content (AvgIpc) is 2.71. The molecule has 0 radical (unpaired) electrons. The van der Waals surface area contributed by atoms with Crippen molar-refractivity contribution in [2.45, 2.75) is 53.0 Å². The van der Waals surface area contributed by atoms with Crippen LogP contribution in [-0.4, -0.2) is 16.1 Å². The molecule has 1 N–H and O–H groups in total. The second-order valence-corrected chi connectivity index (χ2v) is 5.30. The van der Waals surface area contributed by atoms with Gasteiger partial charge in [0.05, 0.1) is 10.6 Å². The summed E-state index contributed by atoms with van der Waals surface area (Å²) in [5.74, 6) is 0.757. The van der Waals surface area contributed by atoms with Crippen molar-refractivity contribution < 1.29 is 0 Å². The van der Waals surface area contributed by atoms with Crippen LogP contribution < -0.4 is 5.32 Å². The van der Waals surface area contributed by atoms with E-state index in [0.717, 1.165) is 18.9 Å². The molecule has 0 aromatic carbocycles. The minimum Gasteiger partial charge on any atom is -0.309 e. The largest absolute Gasteiger partial charge is 0.309 e. The molecule has 0 aliphatic heterocycles. The van der Waals surface area contributed by atoms with Gasteiger partial charge in [-0.1, -0.05) is 32.2 Å². The summed E-state index contributed by atoms with van der Waals surface area (Å²) in [7, 11) is 0. The van der Waals surface area contributed by atoms with Gasteiger partial charge in [0.2, 0.25) is 0 Å². The van der Waals surface area contributed by atoms with Crippen LogP contribution in [0.1, 0.15) is 57.1 Å². The van der Waals surface area contributed by atoms with Crippen LogP contribution in [0.4, 0.5) is 0 Å². The molecule has 3 nitrogen and oxygen atoms in total. The molecule has 92 valence electrons. The lowest BCUT2D eigenvalue weighted by Gasteiger charge is -2.17. The normalized spacial score (nSPS) is 13.3. The Morgan fingerprint density at radius 3 is 2.56 bits per heavy atom. The maximum absolute atomic E-state index is 4.19. The SMILES string of the molecule is CCNC(CCC(C)C)c1snnc1CC. The highest BCUT2D eigenvalue weighted by Gasteiger charge is 2.17. The molecule has 1 rings (SSSR count). The lowest BCUT2D eigenvalue weighted by Crippen LogP contribution is -2.21. The average molecular weight is 241 g/mol. The smallest absolute Gasteiger partial charge is 0.0800 e. The first-order valence-electron chi connectivity index (χ1n) is 6.23. The quantitative estimate of drug-likeness (QED) is 0.796. The highest BCUT2D eigenvalue weighted by Crippen LogP contribution is 2.26. The first-order valence-corrected chi connectivity index (χ1v) is 7.00. The Kier molecular flexibility index (Phi) is 5.91. The Labute approximate surface area is 103 Å². The summed E-state index contributed by atoms with van der Waals surface area (Å²) in [5.41, 5.74) is 1.17. The molecular formula is C12H23N3S. The fourth-order valence-electron chi connectivity index (χ4n) is 1.80. The molecule has 4 heteroatoms. The number of hydrogen-bond donors (Lipinski definition) is 1. The van der Waals surface area contributed by atoms with E-state index in [-0.39, 0.29) is 0 Å². The molecule has 0 saturated heterocycles. The molecule has 0 spiro atoms. The van der Waals surface area contributed by atoms with E-state index in [1.54, 1.807) is 11.5 Å². The summed E-state index contributed by atoms with van der Waals surface area (Å²) in [6.45, 7) is 9.85. The van der Waals surface area contributed by atoms with Crippen LogP contribution in [0.5, 0.6) is 0 Å². The number of nitrogens with one attached hydrogen (secondary N) is 1. The monoisotopic (exact) mass is 241 g/mol. The van der Waals surface area contributed by atoms with Crippen molar-refractivity contribution >= 4 is 11.5 Å². The van der Waals surface area contributed by atoms with E-state index in [4.69, 9.17) is 0 Å². The van der Waals surface area contributed by atoms with Gasteiger partial charge >= 0.3 is 0 Å². The number of hydrogen-bond acceptors (Lipinski definition) is 4. The number of aryl methyl sites for hydroxylation is 1. The molecule has 0 aliphatic carbocycles. The molecule has 0 saturated carbocycles. The van der Waals surface area contributed by atoms with E-state index < -0.39 is 0 Å². The Bertz CT molecular complexity index is 296. The van der Waals surface area contributed by atoms with E-state index >= 15 is 0 Å². The van der Waals surface area contributed by atoms with E-state index in [0.29, 0.717) is 6.04 Å². The molecule has 0 amide bonds. The first-order chi connectivity index (χ1) is 7.69. The lowest BCUT2D eigenvalue weighted by atomic mass is 10.0. The minimum atomic E-state index is 0.447. The summed E-state index contributed by atoms with van der Waals surface area (Å²) >= 11 is 1.55. The minimum absolute atomic E-state index is 0.447. The highest BCUT2D eigenvalue weighted by atomic mass is 32.1. The fraction of sp³-hybridized carbons (Fsp3) is 0.833. The van der Waals surface area contributed by atoms with Gasteiger partial charge in [0.25, 0.3) is 0 Å². The van der Waals surface area contributed by atoms with E-state index in [1.807, 2.05) is 0 Å². The summed E-state index contributed by atoms with van der Waals surface area (Å²) in [4.78, 5) is 1.34. The molecule has 1 heterocycles. The van der Waals surface area contributed by atoms with Gasteiger partial charge < -0.3 is 5.32 Å². The Balaban J connectivity index is 2.68. The van der Waals surface area contributed by atoms with Crippen molar-refractivity contribution in [2.75, 3.05) is 6.54 Å². The van der Waals surface area contributed by atoms with Crippen LogP contribution in [0.3, 0.4) is 0 Å². The van der Waals surface area contributed by atoms with E-state index in [2.05, 4.69) is 42.6 Å². The second kappa shape index (κ2) is 6.97. The molecule has 16 heavy (non-hydrogen) atoms. The lowest BCUT2D eigenvalue weighted by molar-refractivity contribution is 0.451. The van der Waals surface area contributed by atoms with Gasteiger partial charge in [-0.05, 0) is 43.3 Å². The molecule has 1 aromatic rings. The predicted octanol–water partition coefficient (Wildman–Crippen LogP) is 3.19. The van der Waals surface area contributed by atoms with Crippen molar-refractivity contribution in [3.05, 3.63) is 10.6 Å². The van der Waals surface area contributed by atoms with Crippen molar-refractivity contribution in [1.82, 2.24) is 14.9 Å². The van der Waals surface area contributed by atoms with Crippen molar-refractivity contribution in [3.63, 3.8) is 0 Å². The zero-order valence-corrected chi connectivity index (χ0v) is 11.6. The molecule has 1 aromatic heterocycles. The van der Waals surface area contributed by atoms with Crippen LogP contribution in [0.15, 0.2) is 0 Å². The second-order valence-electron chi connectivity index (χ2n) is 4.52. The Morgan fingerprint density at radius 1 is 1.25 bits per heavy atom. The third-order valence-corrected chi connectivity index (χ3v) is 3.60. The topological polar surface area (TPSA) is 37.8 Å². The molecule has 0 fully saturated rings. The molecule has 0 bridgehead atoms. The fourth-order valence-corrected chi connectivity index (χ4v) is 2.64. The zero-order valence-electron chi connectivity index (χ0n) is 10.8. The van der Waals surface area contributed by atoms with Gasteiger partial charge in [0.1, 0.15) is 0 Å². The number of nitrogens with zero attached hydrogens (tertiary/aromatic N) is 2. The third-order valence-electron chi connectivity index (χ3n) is 2.72. The molecule has 0 aliphatic rings. The van der Waals surface area contributed by atoms with E-state index in [1.165, 1.54) is 23.4 Å². The first kappa shape index (κ1) is 13.6. The standard InChI is InChI=1S/C12H23N3S/c1-5-10-12(16-15-14-10)11(13-6-2)8-7-9(3)4/h9,11,13H,5-8H2,1-4H3. The van der Waals surface area contributed by atoms with Crippen LogP contribution >= 0.6 is 11.5 Å². The number of aromatic nitrogens is 2. The number of rotatable bonds is 7. The van der Waals surface area contributed by atoms with Crippen LogP contribution in [0, 0.1) is 5.92 Å². The maximum Gasteiger partial charge on any atom is 0.0800 e. The Morgan fingerprint density at radius 2 is 2.00 bits per heavy atom. The molecule has 1 atom stereocenters. The van der Waals surface area contributed by atoms with Crippen molar-refractivity contribution in [1.29, 1.82) is 0 Å². The van der Waals surface area contributed by atoms with Gasteiger partial charge in [-0.2, -0.15) is 0 Å². The van der Waals surface area contributed by atoms with Gasteiger partial charge in [0, 0.05) is 6.04 Å².